The highest BCUT2D eigenvalue weighted by molar-refractivity contribution is 7.80. The van der Waals surface area contributed by atoms with Crippen LogP contribution in [0.3, 0.4) is 0 Å². The van der Waals surface area contributed by atoms with Gasteiger partial charge in [0, 0.05) is 39.3 Å². The quantitative estimate of drug-likeness (QED) is 0.849. The molecule has 1 saturated heterocycles. The van der Waals surface area contributed by atoms with Crippen LogP contribution in [0.2, 0.25) is 0 Å². The summed E-state index contributed by atoms with van der Waals surface area (Å²) in [6.07, 6.45) is 0. The van der Waals surface area contributed by atoms with E-state index in [4.69, 9.17) is 21.9 Å². The molecule has 0 bridgehead atoms. The molecular weight excluding hydrogens is 310 g/mol. The van der Waals surface area contributed by atoms with Gasteiger partial charge in [0.2, 0.25) is 5.95 Å². The first-order valence-electron chi connectivity index (χ1n) is 8.14. The molecule has 1 aromatic heterocycles. The zero-order valence-electron chi connectivity index (χ0n) is 13.1. The zero-order valence-corrected chi connectivity index (χ0v) is 13.9. The van der Waals surface area contributed by atoms with Crippen molar-refractivity contribution in [1.29, 1.82) is 0 Å². The van der Waals surface area contributed by atoms with Gasteiger partial charge in [0.15, 0.2) is 5.11 Å². The molecule has 1 aromatic carbocycles. The van der Waals surface area contributed by atoms with E-state index in [2.05, 4.69) is 31.8 Å². The fourth-order valence-electron chi connectivity index (χ4n) is 3.22. The lowest BCUT2D eigenvalue weighted by molar-refractivity contribution is 0.0389. The third kappa shape index (κ3) is 2.91. The number of nitrogens with one attached hydrogen (secondary N) is 1. The Morgan fingerprint density at radius 1 is 1.17 bits per heavy atom. The maximum Gasteiger partial charge on any atom is 0.213 e. The third-order valence-electron chi connectivity index (χ3n) is 4.48. The summed E-state index contributed by atoms with van der Waals surface area (Å²) < 4.78 is 7.61. The third-order valence-corrected chi connectivity index (χ3v) is 4.84. The molecule has 1 fully saturated rings. The summed E-state index contributed by atoms with van der Waals surface area (Å²) in [7, 11) is 0. The normalized spacial score (nSPS) is 18.3. The van der Waals surface area contributed by atoms with Crippen molar-refractivity contribution < 1.29 is 4.74 Å². The number of ether oxygens (including phenoxy) is 1. The second-order valence-electron chi connectivity index (χ2n) is 5.89. The van der Waals surface area contributed by atoms with Crippen LogP contribution >= 0.6 is 12.2 Å². The predicted octanol–water partition coefficient (Wildman–Crippen LogP) is 1.06. The Morgan fingerprint density at radius 3 is 2.87 bits per heavy atom. The molecule has 122 valence electrons. The van der Waals surface area contributed by atoms with Crippen LogP contribution in [-0.4, -0.2) is 65.5 Å². The number of thiocarbonyl (C=S) groups is 1. The first-order valence-corrected chi connectivity index (χ1v) is 8.54. The van der Waals surface area contributed by atoms with Gasteiger partial charge in [-0.2, -0.15) is 0 Å². The largest absolute Gasteiger partial charge is 0.379 e. The topological polar surface area (TPSA) is 45.6 Å². The predicted molar refractivity (Wildman–Crippen MR) is 94.9 cm³/mol. The molecule has 2 aliphatic rings. The van der Waals surface area contributed by atoms with E-state index in [0.717, 1.165) is 69.1 Å². The van der Waals surface area contributed by atoms with Crippen molar-refractivity contribution in [2.75, 3.05) is 50.8 Å². The van der Waals surface area contributed by atoms with Gasteiger partial charge in [-0.3, -0.25) is 9.80 Å². The van der Waals surface area contributed by atoms with Crippen LogP contribution in [-0.2, 0) is 11.3 Å². The summed E-state index contributed by atoms with van der Waals surface area (Å²) in [6.45, 7) is 7.35. The van der Waals surface area contributed by atoms with Gasteiger partial charge in [-0.25, -0.2) is 4.98 Å². The van der Waals surface area contributed by atoms with E-state index in [9.17, 15) is 0 Å². The molecule has 0 spiro atoms. The van der Waals surface area contributed by atoms with E-state index in [0.29, 0.717) is 0 Å². The van der Waals surface area contributed by atoms with Crippen LogP contribution in [0.1, 0.15) is 0 Å². The number of aromatic nitrogens is 2. The molecule has 2 aromatic rings. The van der Waals surface area contributed by atoms with E-state index in [1.165, 1.54) is 5.52 Å². The summed E-state index contributed by atoms with van der Waals surface area (Å²) in [5, 5.41) is 4.15. The van der Waals surface area contributed by atoms with Gasteiger partial charge in [-0.1, -0.05) is 12.1 Å². The highest BCUT2D eigenvalue weighted by atomic mass is 32.1. The van der Waals surface area contributed by atoms with Gasteiger partial charge < -0.3 is 14.6 Å². The molecule has 1 N–H and O–H groups in total. The molecule has 0 atom stereocenters. The van der Waals surface area contributed by atoms with Gasteiger partial charge in [-0.05, 0) is 24.4 Å². The Bertz CT molecular complexity index is 710. The standard InChI is InChI=1S/C16H21N5OS/c23-16(17-5-6-19-9-11-22-12-10-19)21-8-7-20-14-4-2-1-3-13(14)18-15(20)21/h1-4H,5-12H2,(H,17,23). The van der Waals surface area contributed by atoms with Crippen molar-refractivity contribution >= 4 is 34.3 Å². The average molecular weight is 331 g/mol. The molecule has 0 radical (unpaired) electrons. The molecule has 3 heterocycles. The lowest BCUT2D eigenvalue weighted by atomic mass is 10.3. The van der Waals surface area contributed by atoms with Gasteiger partial charge in [0.25, 0.3) is 0 Å². The van der Waals surface area contributed by atoms with Crippen LogP contribution in [0.25, 0.3) is 11.0 Å². The van der Waals surface area contributed by atoms with Crippen LogP contribution in [0.15, 0.2) is 24.3 Å². The summed E-state index contributed by atoms with van der Waals surface area (Å²) in [5.41, 5.74) is 2.21. The minimum Gasteiger partial charge on any atom is -0.379 e. The minimum atomic E-state index is 0.771. The number of anilines is 1. The fourth-order valence-corrected chi connectivity index (χ4v) is 3.50. The molecule has 2 aliphatic heterocycles. The van der Waals surface area contributed by atoms with Gasteiger partial charge >= 0.3 is 0 Å². The van der Waals surface area contributed by atoms with Crippen molar-refractivity contribution in [2.24, 2.45) is 0 Å². The Hall–Kier alpha value is -1.70. The summed E-state index contributed by atoms with van der Waals surface area (Å²) >= 11 is 5.58. The van der Waals surface area contributed by atoms with E-state index in [-0.39, 0.29) is 0 Å². The van der Waals surface area contributed by atoms with Crippen molar-refractivity contribution in [3.63, 3.8) is 0 Å². The number of nitrogens with zero attached hydrogens (tertiary/aromatic N) is 4. The molecule has 6 nitrogen and oxygen atoms in total. The number of rotatable bonds is 3. The molecule has 7 heteroatoms. The molecule has 0 saturated carbocycles. The number of hydrogen-bond donors (Lipinski definition) is 1. The maximum absolute atomic E-state index is 5.58. The smallest absolute Gasteiger partial charge is 0.213 e. The summed E-state index contributed by atoms with van der Waals surface area (Å²) in [5.74, 6) is 0.954. The van der Waals surface area contributed by atoms with Crippen molar-refractivity contribution in [3.8, 4) is 0 Å². The molecule has 0 amide bonds. The van der Waals surface area contributed by atoms with Gasteiger partial charge in [0.05, 0.1) is 24.2 Å². The Morgan fingerprint density at radius 2 is 2.00 bits per heavy atom. The average Bonchev–Trinajstić information content (AvgIpc) is 3.14. The first kappa shape index (κ1) is 14.9. The second-order valence-corrected chi connectivity index (χ2v) is 6.28. The fraction of sp³-hybridized carbons (Fsp3) is 0.500. The summed E-state index contributed by atoms with van der Waals surface area (Å²) in [6, 6.07) is 8.24. The Kier molecular flexibility index (Phi) is 4.15. The van der Waals surface area contributed by atoms with Crippen molar-refractivity contribution in [3.05, 3.63) is 24.3 Å². The number of imidazole rings is 1. The zero-order chi connectivity index (χ0) is 15.6. The number of benzene rings is 1. The molecule has 23 heavy (non-hydrogen) atoms. The lowest BCUT2D eigenvalue weighted by Crippen LogP contribution is -2.44. The van der Waals surface area contributed by atoms with Gasteiger partial charge in [0.1, 0.15) is 0 Å². The summed E-state index contributed by atoms with van der Waals surface area (Å²) in [4.78, 5) is 9.24. The highest BCUT2D eigenvalue weighted by Crippen LogP contribution is 2.26. The maximum atomic E-state index is 5.58. The number of morpholine rings is 1. The Balaban J connectivity index is 1.38. The van der Waals surface area contributed by atoms with E-state index < -0.39 is 0 Å². The van der Waals surface area contributed by atoms with E-state index >= 15 is 0 Å². The Labute approximate surface area is 141 Å². The van der Waals surface area contributed by atoms with Crippen LogP contribution in [0, 0.1) is 0 Å². The molecule has 0 unspecified atom stereocenters. The minimum absolute atomic E-state index is 0.771. The van der Waals surface area contributed by atoms with E-state index in [1.807, 2.05) is 12.1 Å². The van der Waals surface area contributed by atoms with Crippen LogP contribution in [0.4, 0.5) is 5.95 Å². The SMILES string of the molecule is S=C(NCCN1CCOCC1)N1CCn2c1nc1ccccc12. The molecule has 4 rings (SSSR count). The monoisotopic (exact) mass is 331 g/mol. The lowest BCUT2D eigenvalue weighted by Gasteiger charge is -2.27. The molecule has 0 aliphatic carbocycles. The second kappa shape index (κ2) is 6.43. The number of fused-ring (bicyclic) bond motifs is 3. The first-order chi connectivity index (χ1) is 11.3. The highest BCUT2D eigenvalue weighted by Gasteiger charge is 2.26. The number of hydrogen-bond acceptors (Lipinski definition) is 4. The van der Waals surface area contributed by atoms with Crippen LogP contribution in [0.5, 0.6) is 0 Å². The van der Waals surface area contributed by atoms with Crippen molar-refractivity contribution in [1.82, 2.24) is 19.8 Å². The number of para-hydroxylation sites is 2. The van der Waals surface area contributed by atoms with Crippen molar-refractivity contribution in [2.45, 2.75) is 6.54 Å². The van der Waals surface area contributed by atoms with E-state index in [1.54, 1.807) is 0 Å². The van der Waals surface area contributed by atoms with Crippen LogP contribution < -0.4 is 10.2 Å². The van der Waals surface area contributed by atoms with Gasteiger partial charge in [-0.15, -0.1) is 0 Å². The molecular formula is C16H21N5OS.